The number of amides is 1. The third kappa shape index (κ3) is 8.89. The van der Waals surface area contributed by atoms with Crippen molar-refractivity contribution in [3.63, 3.8) is 0 Å². The third-order valence-electron chi connectivity index (χ3n) is 6.85. The van der Waals surface area contributed by atoms with E-state index in [2.05, 4.69) is 24.9 Å². The quantitative estimate of drug-likeness (QED) is 0.358. The molecule has 1 saturated heterocycles. The lowest BCUT2D eigenvalue weighted by Gasteiger charge is -2.32. The fraction of sp³-hybridized carbons (Fsp3) is 0.840. The van der Waals surface area contributed by atoms with Gasteiger partial charge in [-0.1, -0.05) is 57.6 Å². The highest BCUT2D eigenvalue weighted by atomic mass is 16.3. The molecule has 0 aromatic carbocycles. The maximum atomic E-state index is 12.3. The molecule has 30 heavy (non-hydrogen) atoms. The Kier molecular flexibility index (Phi) is 11.7. The average Bonchev–Trinajstić information content (AvgIpc) is 3.09. The zero-order chi connectivity index (χ0) is 21.8. The number of unbranched alkanes of at least 4 members (excludes halogenated alkanes) is 5. The molecule has 0 aromatic rings. The van der Waals surface area contributed by atoms with E-state index in [1.807, 2.05) is 11.0 Å². The van der Waals surface area contributed by atoms with Crippen LogP contribution in [0, 0.1) is 11.8 Å². The first-order valence-corrected chi connectivity index (χ1v) is 12.4. The minimum Gasteiger partial charge on any atom is -0.389 e. The molecule has 1 amide bonds. The predicted molar refractivity (Wildman–Crippen MR) is 122 cm³/mol. The number of Topliss-reactive ketones (excluding diaryl/α,β-unsaturated/α-hetero) is 1. The Labute approximate surface area is 183 Å². The molecule has 5 heteroatoms. The first-order chi connectivity index (χ1) is 14.5. The number of carbonyl (C=O) groups is 2. The zero-order valence-corrected chi connectivity index (χ0v) is 19.4. The summed E-state index contributed by atoms with van der Waals surface area (Å²) in [4.78, 5) is 28.8. The highest BCUT2D eigenvalue weighted by Gasteiger charge is 2.32. The lowest BCUT2D eigenvalue weighted by Crippen LogP contribution is -2.47. The van der Waals surface area contributed by atoms with Crippen molar-refractivity contribution in [1.29, 1.82) is 0 Å². The SMILES string of the molecule is CCCCC[C@H](O)/C=C/[C@H]1CCC(=O)[C@@H]1CCCCCCC(=O)N1CCN(C)CC1. The second kappa shape index (κ2) is 14.0. The van der Waals surface area contributed by atoms with Crippen LogP contribution in [0.5, 0.6) is 0 Å². The monoisotopic (exact) mass is 420 g/mol. The molecule has 1 aliphatic heterocycles. The topological polar surface area (TPSA) is 60.9 Å². The van der Waals surface area contributed by atoms with E-state index in [0.717, 1.165) is 84.0 Å². The van der Waals surface area contributed by atoms with E-state index in [1.54, 1.807) is 0 Å². The molecule has 0 spiro atoms. The largest absolute Gasteiger partial charge is 0.389 e. The summed E-state index contributed by atoms with van der Waals surface area (Å²) in [6.45, 7) is 5.85. The van der Waals surface area contributed by atoms with Gasteiger partial charge < -0.3 is 14.9 Å². The number of carbonyl (C=O) groups excluding carboxylic acids is 2. The van der Waals surface area contributed by atoms with E-state index in [1.165, 1.54) is 6.42 Å². The summed E-state index contributed by atoms with van der Waals surface area (Å²) in [6.07, 6.45) is 15.3. The van der Waals surface area contributed by atoms with Crippen molar-refractivity contribution in [3.8, 4) is 0 Å². The standard InChI is InChI=1S/C25H44N2O3/c1-3-4-7-10-22(28)15-13-21-14-16-24(29)23(21)11-8-5-6-9-12-25(30)27-19-17-26(2)18-20-27/h13,15,21-23,28H,3-12,14,16-20H2,1-2H3/b15-13+/t21-,22-,23+/m0/s1. The van der Waals surface area contributed by atoms with Gasteiger partial charge in [-0.05, 0) is 38.6 Å². The van der Waals surface area contributed by atoms with Gasteiger partial charge in [-0.15, -0.1) is 0 Å². The highest BCUT2D eigenvalue weighted by Crippen LogP contribution is 2.34. The van der Waals surface area contributed by atoms with Gasteiger partial charge in [0.1, 0.15) is 5.78 Å². The molecule has 0 unspecified atom stereocenters. The number of hydrogen-bond donors (Lipinski definition) is 1. The van der Waals surface area contributed by atoms with E-state index in [0.29, 0.717) is 30.4 Å². The van der Waals surface area contributed by atoms with Gasteiger partial charge in [-0.25, -0.2) is 0 Å². The van der Waals surface area contributed by atoms with Crippen molar-refractivity contribution in [1.82, 2.24) is 9.80 Å². The molecule has 1 N–H and O–H groups in total. The van der Waals surface area contributed by atoms with Crippen LogP contribution < -0.4 is 0 Å². The van der Waals surface area contributed by atoms with Gasteiger partial charge >= 0.3 is 0 Å². The highest BCUT2D eigenvalue weighted by molar-refractivity contribution is 5.83. The van der Waals surface area contributed by atoms with Gasteiger partial charge in [0.25, 0.3) is 0 Å². The number of nitrogens with zero attached hydrogens (tertiary/aromatic N) is 2. The molecule has 1 aliphatic carbocycles. The second-order valence-electron chi connectivity index (χ2n) is 9.36. The van der Waals surface area contributed by atoms with Crippen LogP contribution in [-0.2, 0) is 9.59 Å². The number of aliphatic hydroxyl groups is 1. The minimum atomic E-state index is -0.370. The van der Waals surface area contributed by atoms with Gasteiger partial charge in [0.15, 0.2) is 0 Å². The van der Waals surface area contributed by atoms with Crippen LogP contribution in [0.15, 0.2) is 12.2 Å². The number of hydrogen-bond acceptors (Lipinski definition) is 4. The summed E-state index contributed by atoms with van der Waals surface area (Å²) in [7, 11) is 2.10. The molecule has 1 heterocycles. The Morgan fingerprint density at radius 2 is 1.83 bits per heavy atom. The maximum absolute atomic E-state index is 12.3. The van der Waals surface area contributed by atoms with Crippen molar-refractivity contribution in [3.05, 3.63) is 12.2 Å². The first kappa shape index (κ1) is 25.1. The summed E-state index contributed by atoms with van der Waals surface area (Å²) in [5.74, 6) is 1.14. The molecule has 0 radical (unpaired) electrons. The van der Waals surface area contributed by atoms with Gasteiger partial charge in [0, 0.05) is 44.9 Å². The van der Waals surface area contributed by atoms with Crippen LogP contribution in [0.25, 0.3) is 0 Å². The molecule has 5 nitrogen and oxygen atoms in total. The number of rotatable bonds is 13. The van der Waals surface area contributed by atoms with Crippen LogP contribution in [-0.4, -0.2) is 65.9 Å². The van der Waals surface area contributed by atoms with Crippen LogP contribution in [0.1, 0.15) is 84.0 Å². The van der Waals surface area contributed by atoms with E-state index in [-0.39, 0.29) is 12.0 Å². The number of aliphatic hydroxyl groups excluding tert-OH is 1. The summed E-state index contributed by atoms with van der Waals surface area (Å²) in [5.41, 5.74) is 0. The van der Waals surface area contributed by atoms with E-state index >= 15 is 0 Å². The summed E-state index contributed by atoms with van der Waals surface area (Å²) >= 11 is 0. The third-order valence-corrected chi connectivity index (χ3v) is 6.85. The molecule has 172 valence electrons. The number of ketones is 1. The van der Waals surface area contributed by atoms with E-state index in [4.69, 9.17) is 0 Å². The molecule has 2 rings (SSSR count). The molecular formula is C25H44N2O3. The maximum Gasteiger partial charge on any atom is 0.222 e. The van der Waals surface area contributed by atoms with Crippen LogP contribution >= 0.6 is 0 Å². The normalized spacial score (nSPS) is 24.1. The van der Waals surface area contributed by atoms with Crippen molar-refractivity contribution in [2.45, 2.75) is 90.1 Å². The molecule has 1 saturated carbocycles. The lowest BCUT2D eigenvalue weighted by atomic mass is 9.89. The second-order valence-corrected chi connectivity index (χ2v) is 9.36. The summed E-state index contributed by atoms with van der Waals surface area (Å²) in [5, 5.41) is 10.1. The number of piperazine rings is 1. The lowest BCUT2D eigenvalue weighted by molar-refractivity contribution is -0.132. The molecule has 2 aliphatic rings. The van der Waals surface area contributed by atoms with Crippen molar-refractivity contribution < 1.29 is 14.7 Å². The van der Waals surface area contributed by atoms with Gasteiger partial charge in [-0.3, -0.25) is 9.59 Å². The van der Waals surface area contributed by atoms with Crippen molar-refractivity contribution >= 4 is 11.7 Å². The molecule has 0 aromatic heterocycles. The Morgan fingerprint density at radius 1 is 1.10 bits per heavy atom. The van der Waals surface area contributed by atoms with Crippen LogP contribution in [0.3, 0.4) is 0 Å². The van der Waals surface area contributed by atoms with Crippen LogP contribution in [0.2, 0.25) is 0 Å². The number of likely N-dealkylation sites (N-methyl/N-ethyl adjacent to an activating group) is 1. The minimum absolute atomic E-state index is 0.135. The van der Waals surface area contributed by atoms with Crippen molar-refractivity contribution in [2.24, 2.45) is 11.8 Å². The Morgan fingerprint density at radius 3 is 2.57 bits per heavy atom. The number of allylic oxidation sites excluding steroid dienone is 1. The Balaban J connectivity index is 1.59. The summed E-state index contributed by atoms with van der Waals surface area (Å²) in [6, 6.07) is 0. The van der Waals surface area contributed by atoms with Gasteiger partial charge in [-0.2, -0.15) is 0 Å². The predicted octanol–water partition coefficient (Wildman–Crippen LogP) is 4.19. The Bertz CT molecular complexity index is 541. The fourth-order valence-corrected chi connectivity index (χ4v) is 4.72. The molecular weight excluding hydrogens is 376 g/mol. The Hall–Kier alpha value is -1.20. The molecule has 3 atom stereocenters. The smallest absolute Gasteiger partial charge is 0.222 e. The molecule has 2 fully saturated rings. The first-order valence-electron chi connectivity index (χ1n) is 12.4. The van der Waals surface area contributed by atoms with Crippen molar-refractivity contribution in [2.75, 3.05) is 33.2 Å². The van der Waals surface area contributed by atoms with Gasteiger partial charge in [0.2, 0.25) is 5.91 Å². The summed E-state index contributed by atoms with van der Waals surface area (Å²) < 4.78 is 0. The zero-order valence-electron chi connectivity index (χ0n) is 19.4. The fourth-order valence-electron chi connectivity index (χ4n) is 4.72. The average molecular weight is 421 g/mol. The molecule has 0 bridgehead atoms. The van der Waals surface area contributed by atoms with Gasteiger partial charge in [0.05, 0.1) is 6.10 Å². The van der Waals surface area contributed by atoms with E-state index < -0.39 is 0 Å². The van der Waals surface area contributed by atoms with E-state index in [9.17, 15) is 14.7 Å². The van der Waals surface area contributed by atoms with Crippen LogP contribution in [0.4, 0.5) is 0 Å².